The van der Waals surface area contributed by atoms with Crippen molar-refractivity contribution < 1.29 is 68.1 Å². The van der Waals surface area contributed by atoms with Crippen LogP contribution in [-0.2, 0) is 52.7 Å². The van der Waals surface area contributed by atoms with Gasteiger partial charge in [0.2, 0.25) is 53.2 Å². The highest BCUT2D eigenvalue weighted by atomic mass is 32.1. The van der Waals surface area contributed by atoms with Crippen molar-refractivity contribution in [2.24, 2.45) is 33.8 Å². The van der Waals surface area contributed by atoms with Gasteiger partial charge in [-0.2, -0.15) is 12.6 Å². The average Bonchev–Trinajstić information content (AvgIpc) is 3.70. The van der Waals surface area contributed by atoms with Crippen LogP contribution in [0.3, 0.4) is 0 Å². The topological polar surface area (TPSA) is 452 Å². The number of aliphatic hydroxyl groups is 1. The van der Waals surface area contributed by atoms with Gasteiger partial charge in [0, 0.05) is 18.8 Å². The largest absolute Gasteiger partial charge is 0.481 e. The Labute approximate surface area is 366 Å². The number of hydrogen-bond acceptors (Lipinski definition) is 15. The fourth-order valence-corrected chi connectivity index (χ4v) is 6.03. The molecule has 0 aromatic carbocycles. The van der Waals surface area contributed by atoms with Crippen LogP contribution in [0.5, 0.6) is 0 Å². The second kappa shape index (κ2) is 26.9. The highest BCUT2D eigenvalue weighted by Crippen LogP contribution is 2.20. The minimum absolute atomic E-state index is 0.0369. The molecule has 1 rings (SSSR count). The number of guanidine groups is 1. The molecule has 0 saturated carbocycles. The molecule has 1 aliphatic rings. The van der Waals surface area contributed by atoms with E-state index in [-0.39, 0.29) is 50.5 Å². The summed E-state index contributed by atoms with van der Waals surface area (Å²) in [7, 11) is 0. The van der Waals surface area contributed by atoms with E-state index in [9.17, 15) is 68.1 Å². The number of primary amides is 1. The molecule has 28 heteroatoms. The molecule has 1 heterocycles. The third kappa shape index (κ3) is 19.1. The van der Waals surface area contributed by atoms with Crippen molar-refractivity contribution in [2.45, 2.75) is 108 Å². The maximum Gasteiger partial charge on any atom is 0.326 e. The van der Waals surface area contributed by atoms with E-state index in [0.29, 0.717) is 0 Å². The number of aliphatic hydroxyl groups excluding tert-OH is 1. The number of rotatable bonds is 27. The predicted molar refractivity (Wildman–Crippen MR) is 222 cm³/mol. The Morgan fingerprint density at radius 3 is 1.90 bits per heavy atom. The Bertz CT molecular complexity index is 1730. The first kappa shape index (κ1) is 54.7. The number of aliphatic imine (C=N–C) groups is 1. The highest BCUT2D eigenvalue weighted by molar-refractivity contribution is 7.80. The van der Waals surface area contributed by atoms with Crippen molar-refractivity contribution in [1.29, 1.82) is 0 Å². The number of aliphatic carboxylic acids is 2. The van der Waals surface area contributed by atoms with Gasteiger partial charge in [-0.25, -0.2) is 4.79 Å². The number of nitrogens with one attached hydrogen (secondary N) is 7. The van der Waals surface area contributed by atoms with E-state index in [1.165, 1.54) is 6.92 Å². The predicted octanol–water partition coefficient (Wildman–Crippen LogP) is -7.58. The monoisotopic (exact) mass is 917 g/mol. The molecule has 1 saturated heterocycles. The third-order valence-corrected chi connectivity index (χ3v) is 9.62. The lowest BCUT2D eigenvalue weighted by molar-refractivity contribution is -0.144. The lowest BCUT2D eigenvalue weighted by atomic mass is 10.0. The van der Waals surface area contributed by atoms with Crippen molar-refractivity contribution in [3.63, 3.8) is 0 Å². The number of likely N-dealkylation sites (tertiary alicyclic amines) is 1. The van der Waals surface area contributed by atoms with Gasteiger partial charge in [-0.15, -0.1) is 0 Å². The van der Waals surface area contributed by atoms with Crippen molar-refractivity contribution >= 4 is 83.7 Å². The van der Waals surface area contributed by atoms with Crippen LogP contribution in [0.2, 0.25) is 0 Å². The van der Waals surface area contributed by atoms with Gasteiger partial charge in [-0.3, -0.25) is 52.9 Å². The Kier molecular flexibility index (Phi) is 23.4. The average molecular weight is 918 g/mol. The van der Waals surface area contributed by atoms with Gasteiger partial charge in [0.05, 0.1) is 32.0 Å². The molecule has 8 atom stereocenters. The summed E-state index contributed by atoms with van der Waals surface area (Å²) in [5, 5.41) is 44.5. The van der Waals surface area contributed by atoms with Gasteiger partial charge in [0.25, 0.3) is 0 Å². The van der Waals surface area contributed by atoms with Crippen LogP contribution in [0.25, 0.3) is 0 Å². The molecule has 1 aliphatic heterocycles. The van der Waals surface area contributed by atoms with E-state index in [0.717, 1.165) is 4.90 Å². The summed E-state index contributed by atoms with van der Waals surface area (Å²) < 4.78 is 0. The summed E-state index contributed by atoms with van der Waals surface area (Å²) in [6.45, 7) is 2.50. The lowest BCUT2D eigenvalue weighted by Gasteiger charge is -2.30. The maximum atomic E-state index is 13.9. The smallest absolute Gasteiger partial charge is 0.326 e. The van der Waals surface area contributed by atoms with Gasteiger partial charge in [0.1, 0.15) is 42.3 Å². The summed E-state index contributed by atoms with van der Waals surface area (Å²) >= 11 is 3.89. The number of nitrogens with two attached hydrogens (primary N) is 4. The van der Waals surface area contributed by atoms with Crippen LogP contribution in [-0.4, -0.2) is 172 Å². The minimum Gasteiger partial charge on any atom is -0.481 e. The van der Waals surface area contributed by atoms with Crippen LogP contribution in [0, 0.1) is 5.92 Å². The third-order valence-electron chi connectivity index (χ3n) is 9.22. The summed E-state index contributed by atoms with van der Waals surface area (Å²) in [6, 6.07) is -11.8. The molecular formula is C35H59N13O14S. The standard InChI is InChI=1S/C35H59N13O14S/c1-15(2)26(34(61)62)47-24(51)12-41-29(56)18(6-4-8-40-35(38)39)43-32(59)22-7-5-9-48(22)33(60)20(10-23(37)50)45-31(58)21(13-49)46-30(57)19(11-25(52)53)44-27(54)16(3)42-28(55)17(36)14-63/h15-22,26,49,63H,4-14,36H2,1-3H3,(H2,37,50)(H,41,56)(H,42,55)(H,43,59)(H,44,54)(H,45,58)(H,46,57)(H,47,51)(H,52,53)(H,61,62)(H4,38,39,40)/t16-,17-,18-,19-,20-,21-,22-,26-/m0/s1. The Balaban J connectivity index is 3.21. The maximum absolute atomic E-state index is 13.9. The number of amides is 9. The Morgan fingerprint density at radius 2 is 1.37 bits per heavy atom. The van der Waals surface area contributed by atoms with Gasteiger partial charge >= 0.3 is 11.9 Å². The zero-order valence-electron chi connectivity index (χ0n) is 35.0. The SMILES string of the molecule is CC(C)[C@H](NC(=O)CNC(=O)[C@H](CCCN=C(N)N)NC(=O)[C@@H]1CCCN1C(=O)[C@H](CC(N)=O)NC(=O)[C@H](CO)NC(=O)[C@H](CC(=O)O)NC(=O)[C@H](C)NC(=O)[C@@H](N)CS)C(=O)O. The second-order valence-electron chi connectivity index (χ2n) is 14.7. The molecule has 0 unspecified atom stereocenters. The van der Waals surface area contributed by atoms with Crippen LogP contribution in [0.15, 0.2) is 4.99 Å². The highest BCUT2D eigenvalue weighted by Gasteiger charge is 2.40. The summed E-state index contributed by atoms with van der Waals surface area (Å²) in [6.07, 6.45) is -1.51. The first-order valence-electron chi connectivity index (χ1n) is 19.6. The molecule has 0 spiro atoms. The summed E-state index contributed by atoms with van der Waals surface area (Å²) in [5.41, 5.74) is 21.7. The second-order valence-corrected chi connectivity index (χ2v) is 15.1. The van der Waals surface area contributed by atoms with E-state index in [4.69, 9.17) is 22.9 Å². The number of carboxylic acid groups (broad SMARTS) is 2. The zero-order valence-corrected chi connectivity index (χ0v) is 35.9. The molecule has 9 amide bonds. The molecule has 63 heavy (non-hydrogen) atoms. The first-order valence-corrected chi connectivity index (χ1v) is 20.2. The normalized spacial score (nSPS) is 16.6. The molecule has 27 nitrogen and oxygen atoms in total. The fraction of sp³-hybridized carbons (Fsp3) is 0.657. The number of carbonyl (C=O) groups is 11. The quantitative estimate of drug-likeness (QED) is 0.0157. The fourth-order valence-electron chi connectivity index (χ4n) is 5.86. The van der Waals surface area contributed by atoms with E-state index >= 15 is 0 Å². The van der Waals surface area contributed by atoms with Crippen molar-refractivity contribution in [3.8, 4) is 0 Å². The minimum atomic E-state index is -1.90. The number of thiol groups is 1. The van der Waals surface area contributed by atoms with Crippen LogP contribution in [0.4, 0.5) is 0 Å². The van der Waals surface area contributed by atoms with Gasteiger partial charge in [-0.1, -0.05) is 13.8 Å². The Morgan fingerprint density at radius 1 is 0.762 bits per heavy atom. The van der Waals surface area contributed by atoms with Gasteiger partial charge in [-0.05, 0) is 38.5 Å². The van der Waals surface area contributed by atoms with Gasteiger partial charge < -0.3 is 80.4 Å². The Hall–Kier alpha value is -6.29. The van der Waals surface area contributed by atoms with E-state index in [1.807, 2.05) is 0 Å². The lowest BCUT2D eigenvalue weighted by Crippen LogP contribution is -2.61. The van der Waals surface area contributed by atoms with E-state index in [1.54, 1.807) is 13.8 Å². The molecule has 0 aromatic heterocycles. The first-order chi connectivity index (χ1) is 29.4. The van der Waals surface area contributed by atoms with E-state index < -0.39 is 145 Å². The number of carbonyl (C=O) groups excluding carboxylic acids is 9. The van der Waals surface area contributed by atoms with Crippen molar-refractivity contribution in [1.82, 2.24) is 42.1 Å². The van der Waals surface area contributed by atoms with E-state index in [2.05, 4.69) is 54.8 Å². The molecule has 18 N–H and O–H groups in total. The summed E-state index contributed by atoms with van der Waals surface area (Å²) in [4.78, 5) is 145. The zero-order chi connectivity index (χ0) is 48.1. The molecular weight excluding hydrogens is 859 g/mol. The number of hydrogen-bond donors (Lipinski definition) is 15. The molecule has 0 radical (unpaired) electrons. The summed E-state index contributed by atoms with van der Waals surface area (Å²) in [5.74, 6) is -12.6. The van der Waals surface area contributed by atoms with Crippen molar-refractivity contribution in [3.05, 3.63) is 0 Å². The number of carboxylic acids is 2. The molecule has 0 aliphatic carbocycles. The van der Waals surface area contributed by atoms with Gasteiger partial charge in [0.15, 0.2) is 5.96 Å². The van der Waals surface area contributed by atoms with Crippen molar-refractivity contribution in [2.75, 3.05) is 32.0 Å². The van der Waals surface area contributed by atoms with Crippen LogP contribution >= 0.6 is 12.6 Å². The molecule has 354 valence electrons. The number of nitrogens with zero attached hydrogens (tertiary/aromatic N) is 2. The molecule has 0 aromatic rings. The van der Waals surface area contributed by atoms with Crippen LogP contribution < -0.4 is 60.2 Å². The van der Waals surface area contributed by atoms with Crippen LogP contribution in [0.1, 0.15) is 59.3 Å². The molecule has 0 bridgehead atoms. The molecule has 1 fully saturated rings.